The molecule has 1 aromatic heterocycles. The van der Waals surface area contributed by atoms with Crippen LogP contribution >= 0.6 is 0 Å². The molecule has 7 heteroatoms. The van der Waals surface area contributed by atoms with Crippen molar-refractivity contribution in [2.45, 2.75) is 6.10 Å². The van der Waals surface area contributed by atoms with Crippen molar-refractivity contribution in [1.29, 1.82) is 0 Å². The van der Waals surface area contributed by atoms with E-state index in [2.05, 4.69) is 9.98 Å². The summed E-state index contributed by atoms with van der Waals surface area (Å²) in [5.74, 6) is -0.367. The molecule has 0 spiro atoms. The minimum Gasteiger partial charge on any atom is -0.484 e. The lowest BCUT2D eigenvalue weighted by atomic mass is 10.1. The van der Waals surface area contributed by atoms with Crippen LogP contribution in [0.5, 0.6) is 5.75 Å². The third-order valence-electron chi connectivity index (χ3n) is 4.45. The number of aliphatic carboxylic acids is 1. The summed E-state index contributed by atoms with van der Waals surface area (Å²) < 4.78 is 11.4. The first kappa shape index (κ1) is 18.5. The predicted molar refractivity (Wildman–Crippen MR) is 110 cm³/mol. The number of carboxylic acid groups (broad SMARTS) is 1. The van der Waals surface area contributed by atoms with E-state index in [-0.39, 0.29) is 5.70 Å². The van der Waals surface area contributed by atoms with Crippen molar-refractivity contribution >= 4 is 29.3 Å². The molecule has 0 amide bonds. The minimum absolute atomic E-state index is 0.144. The highest BCUT2D eigenvalue weighted by Gasteiger charge is 2.28. The Morgan fingerprint density at radius 2 is 2.17 bits per heavy atom. The number of rotatable bonds is 1. The lowest BCUT2D eigenvalue weighted by Gasteiger charge is -2.17. The van der Waals surface area contributed by atoms with Gasteiger partial charge < -0.3 is 19.5 Å². The van der Waals surface area contributed by atoms with E-state index in [1.807, 2.05) is 42.5 Å². The molecule has 2 aliphatic heterocycles. The zero-order chi connectivity index (χ0) is 20.1. The van der Waals surface area contributed by atoms with E-state index < -0.39 is 12.1 Å². The van der Waals surface area contributed by atoms with E-state index in [1.54, 1.807) is 29.4 Å². The third kappa shape index (κ3) is 4.35. The molecule has 4 rings (SSSR count). The topological polar surface area (TPSA) is 84.2 Å². The first-order valence-corrected chi connectivity index (χ1v) is 9.11. The Bertz CT molecular complexity index is 1070. The zero-order valence-corrected chi connectivity index (χ0v) is 15.5. The number of aromatic nitrogens is 1. The largest absolute Gasteiger partial charge is 0.484 e. The van der Waals surface area contributed by atoms with Crippen molar-refractivity contribution in [3.8, 4) is 5.75 Å². The molecule has 1 N–H and O–H groups in total. The lowest BCUT2D eigenvalue weighted by molar-refractivity contribution is -0.133. The summed E-state index contributed by atoms with van der Waals surface area (Å²) in [5.41, 5.74) is 1.95. The van der Waals surface area contributed by atoms with Gasteiger partial charge in [0.15, 0.2) is 6.40 Å². The number of benzene rings is 1. The van der Waals surface area contributed by atoms with Crippen LogP contribution in [0, 0.1) is 0 Å². The number of carbonyl (C=O) groups is 1. The maximum Gasteiger partial charge on any atom is 0.352 e. The van der Waals surface area contributed by atoms with Gasteiger partial charge >= 0.3 is 5.97 Å². The molecule has 1 atom stereocenters. The number of carboxylic acids is 1. The van der Waals surface area contributed by atoms with Crippen LogP contribution in [0.1, 0.15) is 5.56 Å². The average Bonchev–Trinajstić information content (AvgIpc) is 3.12. The molecule has 3 heterocycles. The second-order valence-electron chi connectivity index (χ2n) is 6.42. The van der Waals surface area contributed by atoms with Crippen LogP contribution in [-0.2, 0) is 9.53 Å². The number of pyridine rings is 1. The molecule has 7 nitrogen and oxygen atoms in total. The summed E-state index contributed by atoms with van der Waals surface area (Å²) in [6.45, 7) is 0.744. The molecule has 0 aliphatic carbocycles. The van der Waals surface area contributed by atoms with Gasteiger partial charge in [0, 0.05) is 24.0 Å². The fourth-order valence-corrected chi connectivity index (χ4v) is 3.13. The predicted octanol–water partition coefficient (Wildman–Crippen LogP) is 3.37. The second-order valence-corrected chi connectivity index (χ2v) is 6.42. The Kier molecular flexibility index (Phi) is 5.38. The van der Waals surface area contributed by atoms with Crippen molar-refractivity contribution in [2.24, 2.45) is 4.99 Å². The highest BCUT2D eigenvalue weighted by molar-refractivity contribution is 5.88. The molecule has 4 bridgehead atoms. The zero-order valence-electron chi connectivity index (χ0n) is 15.5. The van der Waals surface area contributed by atoms with E-state index >= 15 is 0 Å². The third-order valence-corrected chi connectivity index (χ3v) is 4.45. The number of aliphatic imine (C=N–C) groups is 1. The fourth-order valence-electron chi connectivity index (χ4n) is 3.13. The van der Waals surface area contributed by atoms with Crippen LogP contribution in [0.25, 0.3) is 17.0 Å². The van der Waals surface area contributed by atoms with Crippen molar-refractivity contribution < 1.29 is 19.4 Å². The summed E-state index contributed by atoms with van der Waals surface area (Å²) in [7, 11) is 0. The van der Waals surface area contributed by atoms with Gasteiger partial charge in [0.05, 0.1) is 12.1 Å². The SMILES string of the molecule is O=C(O)C1=CC2CN1C=CN=COCC=CC=Cc1ccc3nccc(c3c1)O2. The van der Waals surface area contributed by atoms with Gasteiger partial charge in [-0.2, -0.15) is 0 Å². The summed E-state index contributed by atoms with van der Waals surface area (Å²) in [6.07, 6.45) is 14.9. The first-order chi connectivity index (χ1) is 14.2. The lowest BCUT2D eigenvalue weighted by Crippen LogP contribution is -2.24. The summed E-state index contributed by atoms with van der Waals surface area (Å²) >= 11 is 0. The highest BCUT2D eigenvalue weighted by atomic mass is 16.5. The summed E-state index contributed by atoms with van der Waals surface area (Å²) in [5, 5.41) is 10.4. The number of ether oxygens (including phenoxy) is 2. The Hall–Kier alpha value is -3.87. The number of hydrogen-bond acceptors (Lipinski definition) is 6. The van der Waals surface area contributed by atoms with Gasteiger partial charge in [0.2, 0.25) is 0 Å². The van der Waals surface area contributed by atoms with Crippen molar-refractivity contribution in [3.05, 3.63) is 78.4 Å². The van der Waals surface area contributed by atoms with Crippen LogP contribution < -0.4 is 4.74 Å². The van der Waals surface area contributed by atoms with E-state index in [1.165, 1.54) is 12.6 Å². The normalized spacial score (nSPS) is 18.8. The molecule has 146 valence electrons. The van der Waals surface area contributed by atoms with Crippen molar-refractivity contribution in [2.75, 3.05) is 13.2 Å². The Morgan fingerprint density at radius 1 is 1.24 bits per heavy atom. The second kappa shape index (κ2) is 8.43. The molecule has 0 fully saturated rings. The molecule has 29 heavy (non-hydrogen) atoms. The Morgan fingerprint density at radius 3 is 3.07 bits per heavy atom. The molecule has 0 radical (unpaired) electrons. The van der Waals surface area contributed by atoms with Crippen LogP contribution in [0.15, 0.2) is 77.9 Å². The van der Waals surface area contributed by atoms with Gasteiger partial charge in [-0.3, -0.25) is 4.98 Å². The Balaban J connectivity index is 1.73. The number of allylic oxidation sites excluding steroid dienone is 2. The van der Waals surface area contributed by atoms with Gasteiger partial charge in [-0.25, -0.2) is 9.79 Å². The highest BCUT2D eigenvalue weighted by Crippen LogP contribution is 2.28. The van der Waals surface area contributed by atoms with Gasteiger partial charge in [-0.1, -0.05) is 24.3 Å². The molecular formula is C22H19N3O4. The van der Waals surface area contributed by atoms with E-state index in [0.29, 0.717) is 18.9 Å². The molecule has 1 aromatic carbocycles. The minimum atomic E-state index is -1.02. The number of hydrogen-bond donors (Lipinski definition) is 1. The van der Waals surface area contributed by atoms with E-state index in [0.717, 1.165) is 16.5 Å². The van der Waals surface area contributed by atoms with Gasteiger partial charge in [-0.05, 0) is 35.9 Å². The smallest absolute Gasteiger partial charge is 0.352 e. The van der Waals surface area contributed by atoms with Crippen molar-refractivity contribution in [3.63, 3.8) is 0 Å². The fraction of sp³-hybridized carbons (Fsp3) is 0.136. The van der Waals surface area contributed by atoms with E-state index in [4.69, 9.17) is 9.47 Å². The quantitative estimate of drug-likeness (QED) is 0.805. The monoisotopic (exact) mass is 389 g/mol. The van der Waals surface area contributed by atoms with E-state index in [9.17, 15) is 9.90 Å². The number of nitrogens with zero attached hydrogens (tertiary/aromatic N) is 3. The average molecular weight is 389 g/mol. The Labute approximate surface area is 167 Å². The van der Waals surface area contributed by atoms with Gasteiger partial charge in [0.1, 0.15) is 24.2 Å². The molecule has 0 saturated carbocycles. The summed E-state index contributed by atoms with van der Waals surface area (Å²) in [6, 6.07) is 7.71. The van der Waals surface area contributed by atoms with Gasteiger partial charge in [0.25, 0.3) is 0 Å². The molecule has 2 aromatic rings. The van der Waals surface area contributed by atoms with Crippen LogP contribution in [0.2, 0.25) is 0 Å². The van der Waals surface area contributed by atoms with Crippen LogP contribution in [-0.4, -0.2) is 46.6 Å². The molecule has 0 saturated heterocycles. The standard InChI is InChI=1S/C22H19N3O4/c26-22(27)20-13-17-14-25(20)10-9-23-15-28-11-3-1-2-4-16-5-6-19-18(12-16)21(29-17)7-8-24-19/h1-10,12-13,15,17H,11,14H2,(H,26,27). The van der Waals surface area contributed by atoms with Gasteiger partial charge in [-0.15, -0.1) is 0 Å². The molecule has 2 aliphatic rings. The van der Waals surface area contributed by atoms with Crippen LogP contribution in [0.4, 0.5) is 0 Å². The maximum atomic E-state index is 11.6. The maximum absolute atomic E-state index is 11.6. The molecular weight excluding hydrogens is 370 g/mol. The molecule has 1 unspecified atom stereocenters. The van der Waals surface area contributed by atoms with Crippen LogP contribution in [0.3, 0.4) is 0 Å². The summed E-state index contributed by atoms with van der Waals surface area (Å²) in [4.78, 5) is 21.6. The van der Waals surface area contributed by atoms with Crippen molar-refractivity contribution in [1.82, 2.24) is 9.88 Å². The number of fused-ring (bicyclic) bond motifs is 3. The first-order valence-electron chi connectivity index (χ1n) is 9.11.